The average Bonchev–Trinajstić information content (AvgIpc) is 3.67. The standard InChI is InChI=1S/C26H19FN8O6/c1-34-18-8-14(4-7-20(18)40-26(34)39)11-28-23(36)17-9-19(35-22(31-17)16(27)12-30-35)24(37)29-10-13-2-5-15(6-3-13)21-32-25(38)41-33-21/h2-9,12H,10-11H2,1H3,(H,28,36)(H,29,37)(H,32,33,38). The van der Waals surface area contributed by atoms with Crippen molar-refractivity contribution in [2.75, 3.05) is 0 Å². The van der Waals surface area contributed by atoms with Gasteiger partial charge in [0.1, 0.15) is 11.4 Å². The van der Waals surface area contributed by atoms with E-state index in [-0.39, 0.29) is 35.9 Å². The number of carbonyl (C=O) groups is 2. The van der Waals surface area contributed by atoms with E-state index in [1.807, 2.05) is 0 Å². The number of aryl methyl sites for hydroxylation is 1. The van der Waals surface area contributed by atoms with Gasteiger partial charge in [0, 0.05) is 31.8 Å². The van der Waals surface area contributed by atoms with Crippen molar-refractivity contribution in [1.29, 1.82) is 0 Å². The second kappa shape index (κ2) is 10.0. The summed E-state index contributed by atoms with van der Waals surface area (Å²) in [5.41, 5.74) is 2.40. The summed E-state index contributed by atoms with van der Waals surface area (Å²) in [4.78, 5) is 55.4. The number of nitrogens with one attached hydrogen (secondary N) is 3. The number of aromatic amines is 1. The van der Waals surface area contributed by atoms with Crippen molar-refractivity contribution in [1.82, 2.24) is 39.9 Å². The number of amides is 2. The topological polar surface area (TPSA) is 182 Å². The molecule has 0 saturated carbocycles. The summed E-state index contributed by atoms with van der Waals surface area (Å²) < 4.78 is 26.4. The lowest BCUT2D eigenvalue weighted by molar-refractivity contribution is 0.0942. The molecular formula is C26H19FN8O6. The molecule has 15 heteroatoms. The molecule has 0 unspecified atom stereocenters. The van der Waals surface area contributed by atoms with Gasteiger partial charge in [0.15, 0.2) is 22.9 Å². The lowest BCUT2D eigenvalue weighted by Gasteiger charge is -2.10. The molecule has 2 aromatic carbocycles. The first-order chi connectivity index (χ1) is 19.8. The van der Waals surface area contributed by atoms with Crippen molar-refractivity contribution in [2.45, 2.75) is 13.1 Å². The van der Waals surface area contributed by atoms with Crippen LogP contribution in [0.15, 0.2) is 73.3 Å². The highest BCUT2D eigenvalue weighted by molar-refractivity contribution is 5.98. The van der Waals surface area contributed by atoms with Crippen LogP contribution in [0.2, 0.25) is 0 Å². The zero-order valence-corrected chi connectivity index (χ0v) is 21.2. The maximum Gasteiger partial charge on any atom is 0.439 e. The van der Waals surface area contributed by atoms with Gasteiger partial charge in [-0.05, 0) is 23.3 Å². The van der Waals surface area contributed by atoms with E-state index in [2.05, 4.69) is 35.4 Å². The summed E-state index contributed by atoms with van der Waals surface area (Å²) in [5.74, 6) is -2.98. The van der Waals surface area contributed by atoms with Crippen LogP contribution in [-0.2, 0) is 20.1 Å². The summed E-state index contributed by atoms with van der Waals surface area (Å²) >= 11 is 0. The molecule has 4 aromatic heterocycles. The molecule has 0 fully saturated rings. The van der Waals surface area contributed by atoms with Crippen LogP contribution in [0.3, 0.4) is 0 Å². The molecule has 0 atom stereocenters. The first kappa shape index (κ1) is 25.4. The van der Waals surface area contributed by atoms with E-state index in [0.29, 0.717) is 22.2 Å². The molecule has 0 aliphatic rings. The molecule has 0 saturated heterocycles. The summed E-state index contributed by atoms with van der Waals surface area (Å²) in [5, 5.41) is 12.9. The Morgan fingerprint density at radius 2 is 1.73 bits per heavy atom. The Labute approximate surface area is 227 Å². The van der Waals surface area contributed by atoms with Crippen LogP contribution in [0.5, 0.6) is 0 Å². The predicted octanol–water partition coefficient (Wildman–Crippen LogP) is 1.52. The van der Waals surface area contributed by atoms with Gasteiger partial charge in [0.25, 0.3) is 11.8 Å². The molecule has 14 nitrogen and oxygen atoms in total. The number of aromatic nitrogens is 6. The van der Waals surface area contributed by atoms with E-state index < -0.39 is 29.1 Å². The Morgan fingerprint density at radius 3 is 2.49 bits per heavy atom. The van der Waals surface area contributed by atoms with Crippen molar-refractivity contribution in [3.05, 3.63) is 104 Å². The highest BCUT2D eigenvalue weighted by Crippen LogP contribution is 2.17. The molecular weight excluding hydrogens is 539 g/mol. The van der Waals surface area contributed by atoms with Crippen molar-refractivity contribution >= 4 is 28.6 Å². The van der Waals surface area contributed by atoms with E-state index in [9.17, 15) is 23.6 Å². The minimum Gasteiger partial charge on any atom is -0.408 e. The number of H-pyrrole nitrogens is 1. The number of oxazole rings is 1. The fraction of sp³-hybridized carbons (Fsp3) is 0.115. The van der Waals surface area contributed by atoms with Gasteiger partial charge in [-0.1, -0.05) is 35.5 Å². The molecule has 0 spiro atoms. The molecule has 2 amide bonds. The van der Waals surface area contributed by atoms with Crippen molar-refractivity contribution < 1.29 is 22.9 Å². The largest absolute Gasteiger partial charge is 0.439 e. The first-order valence-corrected chi connectivity index (χ1v) is 12.1. The van der Waals surface area contributed by atoms with Gasteiger partial charge in [0.2, 0.25) is 0 Å². The Bertz CT molecular complexity index is 2070. The summed E-state index contributed by atoms with van der Waals surface area (Å²) in [6.07, 6.45) is 0.901. The van der Waals surface area contributed by atoms with Gasteiger partial charge >= 0.3 is 11.5 Å². The predicted molar refractivity (Wildman–Crippen MR) is 139 cm³/mol. The van der Waals surface area contributed by atoms with E-state index in [1.54, 1.807) is 49.5 Å². The van der Waals surface area contributed by atoms with Crippen molar-refractivity contribution in [3.8, 4) is 11.4 Å². The minimum atomic E-state index is -0.804. The number of nitrogens with zero attached hydrogens (tertiary/aromatic N) is 5. The average molecular weight is 558 g/mol. The first-order valence-electron chi connectivity index (χ1n) is 12.1. The molecule has 0 aliphatic heterocycles. The van der Waals surface area contributed by atoms with Gasteiger partial charge in [-0.2, -0.15) is 5.10 Å². The molecule has 206 valence electrons. The zero-order valence-electron chi connectivity index (χ0n) is 21.2. The summed E-state index contributed by atoms with van der Waals surface area (Å²) in [6, 6.07) is 13.0. The molecule has 41 heavy (non-hydrogen) atoms. The maximum atomic E-state index is 14.4. The number of carbonyl (C=O) groups excluding carboxylic acids is 2. The number of benzene rings is 2. The summed E-state index contributed by atoms with van der Waals surface area (Å²) in [7, 11) is 1.57. The molecule has 0 aliphatic carbocycles. The van der Waals surface area contributed by atoms with Gasteiger partial charge in [-0.3, -0.25) is 23.7 Å². The number of halogens is 1. The third-order valence-corrected chi connectivity index (χ3v) is 6.32. The fourth-order valence-electron chi connectivity index (χ4n) is 4.18. The maximum absolute atomic E-state index is 14.4. The molecule has 6 rings (SSSR count). The molecule has 6 aromatic rings. The van der Waals surface area contributed by atoms with Crippen LogP contribution >= 0.6 is 0 Å². The van der Waals surface area contributed by atoms with E-state index >= 15 is 0 Å². The van der Waals surface area contributed by atoms with Gasteiger partial charge < -0.3 is 15.1 Å². The Kier molecular flexibility index (Phi) is 6.22. The van der Waals surface area contributed by atoms with E-state index in [1.165, 1.54) is 10.6 Å². The third kappa shape index (κ3) is 4.87. The normalized spacial score (nSPS) is 11.3. The van der Waals surface area contributed by atoms with Gasteiger partial charge in [-0.15, -0.1) is 0 Å². The fourth-order valence-corrected chi connectivity index (χ4v) is 4.18. The van der Waals surface area contributed by atoms with Crippen LogP contribution in [0, 0.1) is 5.82 Å². The highest BCUT2D eigenvalue weighted by atomic mass is 19.1. The highest BCUT2D eigenvalue weighted by Gasteiger charge is 2.20. The molecule has 0 radical (unpaired) electrons. The molecule has 0 bridgehead atoms. The second-order valence-electron chi connectivity index (χ2n) is 8.99. The van der Waals surface area contributed by atoms with Crippen molar-refractivity contribution in [3.63, 3.8) is 0 Å². The van der Waals surface area contributed by atoms with Crippen molar-refractivity contribution in [2.24, 2.45) is 7.05 Å². The minimum absolute atomic E-state index is 0.0719. The molecule has 3 N–H and O–H groups in total. The van der Waals surface area contributed by atoms with Gasteiger partial charge in [-0.25, -0.2) is 23.5 Å². The number of rotatable bonds is 7. The van der Waals surface area contributed by atoms with Crippen LogP contribution in [-0.4, -0.2) is 41.1 Å². The van der Waals surface area contributed by atoms with Crippen LogP contribution in [0.25, 0.3) is 28.1 Å². The summed E-state index contributed by atoms with van der Waals surface area (Å²) in [6.45, 7) is 0.172. The Morgan fingerprint density at radius 1 is 1.00 bits per heavy atom. The van der Waals surface area contributed by atoms with Crippen LogP contribution in [0.4, 0.5) is 4.39 Å². The second-order valence-corrected chi connectivity index (χ2v) is 8.99. The van der Waals surface area contributed by atoms with E-state index in [4.69, 9.17) is 4.42 Å². The van der Waals surface area contributed by atoms with Crippen LogP contribution < -0.4 is 22.1 Å². The van der Waals surface area contributed by atoms with Crippen LogP contribution in [0.1, 0.15) is 32.1 Å². The Balaban J connectivity index is 1.19. The lowest BCUT2D eigenvalue weighted by atomic mass is 10.1. The zero-order chi connectivity index (χ0) is 28.7. The quantitative estimate of drug-likeness (QED) is 0.262. The number of fused-ring (bicyclic) bond motifs is 2. The Hall–Kier alpha value is -5.86. The van der Waals surface area contributed by atoms with E-state index in [0.717, 1.165) is 16.3 Å². The monoisotopic (exact) mass is 558 g/mol. The van der Waals surface area contributed by atoms with Gasteiger partial charge in [0.05, 0.1) is 11.7 Å². The number of hydrogen-bond donors (Lipinski definition) is 3. The number of hydrogen-bond acceptors (Lipinski definition) is 9. The molecule has 4 heterocycles. The lowest BCUT2D eigenvalue weighted by Crippen LogP contribution is -2.28. The smallest absolute Gasteiger partial charge is 0.408 e. The SMILES string of the molecule is Cn1c(=O)oc2ccc(CNC(=O)c3cc(C(=O)NCc4ccc(-c5noc(=O)[nH]5)cc4)n4ncc(F)c4n3)cc21. The third-order valence-electron chi connectivity index (χ3n) is 6.32.